The lowest BCUT2D eigenvalue weighted by molar-refractivity contribution is 0.232. The maximum atomic E-state index is 5.42. The highest BCUT2D eigenvalue weighted by molar-refractivity contribution is 5.40. The van der Waals surface area contributed by atoms with E-state index in [0.717, 1.165) is 24.0 Å². The summed E-state index contributed by atoms with van der Waals surface area (Å²) in [5.41, 5.74) is 1.28. The normalized spacial score (nSPS) is 23.6. The minimum atomic E-state index is 0.395. The summed E-state index contributed by atoms with van der Waals surface area (Å²) < 4.78 is 10.8. The minimum Gasteiger partial charge on any atom is -0.497 e. The summed E-state index contributed by atoms with van der Waals surface area (Å²) in [6.07, 6.45) is 5.29. The first kappa shape index (κ1) is 16.2. The number of ether oxygens (including phenoxy) is 2. The Labute approximate surface area is 129 Å². The van der Waals surface area contributed by atoms with Crippen molar-refractivity contribution in [2.45, 2.75) is 45.6 Å². The number of hydrogen-bond donors (Lipinski definition) is 1. The molecule has 1 N–H and O–H groups in total. The van der Waals surface area contributed by atoms with E-state index < -0.39 is 0 Å². The van der Waals surface area contributed by atoms with Gasteiger partial charge in [-0.3, -0.25) is 0 Å². The number of benzene rings is 1. The lowest BCUT2D eigenvalue weighted by Crippen LogP contribution is -2.30. The van der Waals surface area contributed by atoms with Crippen molar-refractivity contribution in [3.8, 4) is 11.5 Å². The fourth-order valence-electron chi connectivity index (χ4n) is 3.40. The third kappa shape index (κ3) is 4.13. The van der Waals surface area contributed by atoms with Crippen LogP contribution in [0.1, 0.15) is 51.1 Å². The van der Waals surface area contributed by atoms with Gasteiger partial charge in [-0.15, -0.1) is 0 Å². The zero-order valence-electron chi connectivity index (χ0n) is 13.8. The highest BCUT2D eigenvalue weighted by Crippen LogP contribution is 2.38. The quantitative estimate of drug-likeness (QED) is 0.853. The number of hydrogen-bond acceptors (Lipinski definition) is 3. The van der Waals surface area contributed by atoms with Crippen LogP contribution in [0.25, 0.3) is 0 Å². The van der Waals surface area contributed by atoms with Crippen molar-refractivity contribution in [3.63, 3.8) is 0 Å². The van der Waals surface area contributed by atoms with Gasteiger partial charge < -0.3 is 14.8 Å². The first-order chi connectivity index (χ1) is 10.2. The van der Waals surface area contributed by atoms with Crippen LogP contribution in [-0.4, -0.2) is 20.8 Å². The Morgan fingerprint density at radius 3 is 2.10 bits per heavy atom. The van der Waals surface area contributed by atoms with Gasteiger partial charge in [0.25, 0.3) is 0 Å². The van der Waals surface area contributed by atoms with Crippen LogP contribution < -0.4 is 14.8 Å². The highest BCUT2D eigenvalue weighted by atomic mass is 16.5. The molecule has 1 aromatic rings. The molecule has 1 aliphatic carbocycles. The Bertz CT molecular complexity index is 417. The van der Waals surface area contributed by atoms with Gasteiger partial charge in [-0.25, -0.2) is 0 Å². The maximum absolute atomic E-state index is 5.42. The van der Waals surface area contributed by atoms with Crippen LogP contribution >= 0.6 is 0 Å². The standard InChI is InChI=1S/C18H29NO2/c1-5-19-18(14-8-6-13(2)7-9-14)15-10-16(20-3)12-17(11-15)21-4/h10-14,18-19H,5-9H2,1-4H3. The van der Waals surface area contributed by atoms with Crippen molar-refractivity contribution < 1.29 is 9.47 Å². The average molecular weight is 291 g/mol. The molecule has 0 saturated heterocycles. The van der Waals surface area contributed by atoms with Gasteiger partial charge in [0.05, 0.1) is 14.2 Å². The molecule has 21 heavy (non-hydrogen) atoms. The predicted octanol–water partition coefficient (Wildman–Crippen LogP) is 4.18. The van der Waals surface area contributed by atoms with Crippen LogP contribution in [0, 0.1) is 11.8 Å². The van der Waals surface area contributed by atoms with E-state index in [4.69, 9.17) is 9.47 Å². The Hall–Kier alpha value is -1.22. The van der Waals surface area contributed by atoms with E-state index in [9.17, 15) is 0 Å². The van der Waals surface area contributed by atoms with E-state index in [1.54, 1.807) is 14.2 Å². The summed E-state index contributed by atoms with van der Waals surface area (Å²) >= 11 is 0. The molecule has 1 aromatic carbocycles. The lowest BCUT2D eigenvalue weighted by atomic mass is 9.77. The maximum Gasteiger partial charge on any atom is 0.122 e. The molecule has 1 aliphatic rings. The molecule has 1 atom stereocenters. The summed E-state index contributed by atoms with van der Waals surface area (Å²) in [5.74, 6) is 3.33. The second kappa shape index (κ2) is 7.69. The van der Waals surface area contributed by atoms with E-state index in [1.807, 2.05) is 6.07 Å². The second-order valence-electron chi connectivity index (χ2n) is 6.20. The summed E-state index contributed by atoms with van der Waals surface area (Å²) in [7, 11) is 3.42. The molecular weight excluding hydrogens is 262 g/mol. The van der Waals surface area contributed by atoms with Crippen molar-refractivity contribution in [2.24, 2.45) is 11.8 Å². The molecule has 0 heterocycles. The zero-order valence-corrected chi connectivity index (χ0v) is 13.8. The molecule has 118 valence electrons. The third-order valence-electron chi connectivity index (χ3n) is 4.69. The average Bonchev–Trinajstić information content (AvgIpc) is 2.53. The number of rotatable bonds is 6. The predicted molar refractivity (Wildman–Crippen MR) is 87.1 cm³/mol. The van der Waals surface area contributed by atoms with Crippen molar-refractivity contribution in [1.82, 2.24) is 5.32 Å². The fourth-order valence-corrected chi connectivity index (χ4v) is 3.40. The van der Waals surface area contributed by atoms with Crippen LogP contribution in [0.5, 0.6) is 11.5 Å². The first-order valence-corrected chi connectivity index (χ1v) is 8.14. The van der Waals surface area contributed by atoms with Crippen molar-refractivity contribution in [3.05, 3.63) is 23.8 Å². The Morgan fingerprint density at radius 2 is 1.62 bits per heavy atom. The molecule has 2 rings (SSSR count). The van der Waals surface area contributed by atoms with Crippen molar-refractivity contribution in [1.29, 1.82) is 0 Å². The minimum absolute atomic E-state index is 0.395. The Morgan fingerprint density at radius 1 is 1.05 bits per heavy atom. The van der Waals surface area contributed by atoms with Gasteiger partial charge in [0.1, 0.15) is 11.5 Å². The lowest BCUT2D eigenvalue weighted by Gasteiger charge is -2.33. The van der Waals surface area contributed by atoms with Gasteiger partial charge in [-0.1, -0.05) is 26.7 Å². The topological polar surface area (TPSA) is 30.5 Å². The van der Waals surface area contributed by atoms with Crippen LogP contribution in [-0.2, 0) is 0 Å². The van der Waals surface area contributed by atoms with E-state index in [-0.39, 0.29) is 0 Å². The molecule has 0 aromatic heterocycles. The highest BCUT2D eigenvalue weighted by Gasteiger charge is 2.27. The fraction of sp³-hybridized carbons (Fsp3) is 0.667. The van der Waals surface area contributed by atoms with Gasteiger partial charge in [0.15, 0.2) is 0 Å². The largest absolute Gasteiger partial charge is 0.497 e. The molecule has 0 aliphatic heterocycles. The smallest absolute Gasteiger partial charge is 0.122 e. The molecule has 0 amide bonds. The zero-order chi connectivity index (χ0) is 15.2. The van der Waals surface area contributed by atoms with E-state index in [1.165, 1.54) is 31.2 Å². The molecular formula is C18H29NO2. The van der Waals surface area contributed by atoms with Gasteiger partial charge in [-0.05, 0) is 48.9 Å². The van der Waals surface area contributed by atoms with Crippen LogP contribution in [0.15, 0.2) is 18.2 Å². The molecule has 3 nitrogen and oxygen atoms in total. The SMILES string of the molecule is CCNC(c1cc(OC)cc(OC)c1)C1CCC(C)CC1. The van der Waals surface area contributed by atoms with Crippen molar-refractivity contribution in [2.75, 3.05) is 20.8 Å². The summed E-state index contributed by atoms with van der Waals surface area (Å²) in [4.78, 5) is 0. The van der Waals surface area contributed by atoms with Crippen molar-refractivity contribution >= 4 is 0 Å². The number of nitrogens with one attached hydrogen (secondary N) is 1. The van der Waals surface area contributed by atoms with Crippen LogP contribution in [0.2, 0.25) is 0 Å². The van der Waals surface area contributed by atoms with Crippen LogP contribution in [0.3, 0.4) is 0 Å². The second-order valence-corrected chi connectivity index (χ2v) is 6.20. The third-order valence-corrected chi connectivity index (χ3v) is 4.69. The van der Waals surface area contributed by atoms with E-state index in [2.05, 4.69) is 31.3 Å². The van der Waals surface area contributed by atoms with E-state index >= 15 is 0 Å². The molecule has 0 bridgehead atoms. The Balaban J connectivity index is 2.24. The van der Waals surface area contributed by atoms with Gasteiger partial charge >= 0.3 is 0 Å². The molecule has 3 heteroatoms. The molecule has 1 fully saturated rings. The van der Waals surface area contributed by atoms with Crippen LogP contribution in [0.4, 0.5) is 0 Å². The summed E-state index contributed by atoms with van der Waals surface area (Å²) in [6, 6.07) is 6.63. The summed E-state index contributed by atoms with van der Waals surface area (Å²) in [6.45, 7) is 5.53. The molecule has 1 unspecified atom stereocenters. The molecule has 1 saturated carbocycles. The van der Waals surface area contributed by atoms with Gasteiger partial charge in [0.2, 0.25) is 0 Å². The van der Waals surface area contributed by atoms with Gasteiger partial charge in [0, 0.05) is 12.1 Å². The van der Waals surface area contributed by atoms with Gasteiger partial charge in [-0.2, -0.15) is 0 Å². The Kier molecular flexibility index (Phi) is 5.92. The first-order valence-electron chi connectivity index (χ1n) is 8.14. The number of methoxy groups -OCH3 is 2. The van der Waals surface area contributed by atoms with E-state index in [0.29, 0.717) is 12.0 Å². The summed E-state index contributed by atoms with van der Waals surface area (Å²) in [5, 5.41) is 3.67. The monoisotopic (exact) mass is 291 g/mol. The molecule has 0 spiro atoms. The molecule has 0 radical (unpaired) electrons.